The molecule has 0 saturated carbocycles. The molecule has 0 N–H and O–H groups in total. The summed E-state index contributed by atoms with van der Waals surface area (Å²) in [5.41, 5.74) is 7.34. The molecule has 0 radical (unpaired) electrons. The third-order valence-corrected chi connectivity index (χ3v) is 2.81. The van der Waals surface area contributed by atoms with Gasteiger partial charge in [-0.05, 0) is 0 Å². The molecule has 0 saturated heterocycles. The summed E-state index contributed by atoms with van der Waals surface area (Å²) in [6.07, 6.45) is 0. The SMILES string of the molecule is Cc1c(C)c(C)[c-](C)c1C.[Br][Ir+][Br]. The zero-order chi connectivity index (χ0) is 10.6. The maximum absolute atomic E-state index is 3.19. The molecule has 0 aliphatic heterocycles. The predicted octanol–water partition coefficient (Wildman–Crippen LogP) is 4.64. The zero-order valence-corrected chi connectivity index (χ0v) is 14.2. The van der Waals surface area contributed by atoms with Crippen LogP contribution in [0.5, 0.6) is 0 Å². The van der Waals surface area contributed by atoms with Crippen LogP contribution in [0.15, 0.2) is 0 Å². The van der Waals surface area contributed by atoms with Crippen molar-refractivity contribution in [1.29, 1.82) is 0 Å². The van der Waals surface area contributed by atoms with E-state index in [1.54, 1.807) is 0 Å². The first-order valence-electron chi connectivity index (χ1n) is 4.00. The quantitative estimate of drug-likeness (QED) is 0.469. The van der Waals surface area contributed by atoms with Crippen molar-refractivity contribution in [3.8, 4) is 0 Å². The Morgan fingerprint density at radius 2 is 1.15 bits per heavy atom. The van der Waals surface area contributed by atoms with Crippen LogP contribution < -0.4 is 0 Å². The van der Waals surface area contributed by atoms with Crippen LogP contribution in [-0.2, 0) is 13.7 Å². The molecule has 1 aromatic rings. The van der Waals surface area contributed by atoms with Gasteiger partial charge in [0.15, 0.2) is 0 Å². The molecule has 0 heterocycles. The second-order valence-corrected chi connectivity index (χ2v) is 13.6. The van der Waals surface area contributed by atoms with Crippen LogP contribution in [0.2, 0.25) is 0 Å². The molecule has 0 atom stereocenters. The standard InChI is InChI=1S/C10H15.2BrH.Ir/c1-6-7(2)9(4)10(5)8(6)3;;;/h1-5H3;2*1H;/q-1;;;+3/p-2. The molecule has 3 heteroatoms. The molecule has 78 valence electrons. The fraction of sp³-hybridized carbons (Fsp3) is 0.500. The Hall–Kier alpha value is 0.959. The molecular weight excluding hydrogens is 472 g/mol. The molecule has 1 aromatic carbocycles. The summed E-state index contributed by atoms with van der Waals surface area (Å²) in [6, 6.07) is 0. The minimum absolute atomic E-state index is 0.125. The van der Waals surface area contributed by atoms with Crippen molar-refractivity contribution in [3.63, 3.8) is 0 Å². The molecule has 0 aliphatic rings. The van der Waals surface area contributed by atoms with Gasteiger partial charge in [0.25, 0.3) is 0 Å². The van der Waals surface area contributed by atoms with Crippen LogP contribution >= 0.6 is 27.0 Å². The Bertz CT molecular complexity index is 197. The van der Waals surface area contributed by atoms with E-state index >= 15 is 0 Å². The Labute approximate surface area is 102 Å². The van der Waals surface area contributed by atoms with Gasteiger partial charge in [-0.3, -0.25) is 0 Å². The summed E-state index contributed by atoms with van der Waals surface area (Å²) < 4.78 is 0. The molecule has 0 aromatic heterocycles. The fourth-order valence-corrected chi connectivity index (χ4v) is 1.41. The van der Waals surface area contributed by atoms with Crippen molar-refractivity contribution >= 4 is 27.0 Å². The molecule has 13 heavy (non-hydrogen) atoms. The summed E-state index contributed by atoms with van der Waals surface area (Å²) >= 11 is 6.50. The number of hydrogen-bond acceptors (Lipinski definition) is 0. The Kier molecular flexibility index (Phi) is 6.92. The van der Waals surface area contributed by atoms with Crippen LogP contribution in [0.1, 0.15) is 27.8 Å². The van der Waals surface area contributed by atoms with Gasteiger partial charge in [0, 0.05) is 0 Å². The van der Waals surface area contributed by atoms with Crippen LogP contribution in [0, 0.1) is 34.6 Å². The van der Waals surface area contributed by atoms with Gasteiger partial charge >= 0.3 is 40.7 Å². The van der Waals surface area contributed by atoms with E-state index in [1.807, 2.05) is 0 Å². The summed E-state index contributed by atoms with van der Waals surface area (Å²) in [4.78, 5) is 0. The van der Waals surface area contributed by atoms with Crippen LogP contribution in [0.3, 0.4) is 0 Å². The van der Waals surface area contributed by atoms with Crippen LogP contribution in [0.4, 0.5) is 0 Å². The molecule has 0 unspecified atom stereocenters. The van der Waals surface area contributed by atoms with E-state index in [0.29, 0.717) is 0 Å². The van der Waals surface area contributed by atoms with Crippen LogP contribution in [-0.4, -0.2) is 0 Å². The molecular formula is C10H15Br2Ir. The molecule has 0 nitrogen and oxygen atoms in total. The summed E-state index contributed by atoms with van der Waals surface area (Å²) in [5, 5.41) is 0. The van der Waals surface area contributed by atoms with E-state index in [1.165, 1.54) is 27.8 Å². The second kappa shape index (κ2) is 6.44. The van der Waals surface area contributed by atoms with E-state index < -0.39 is 0 Å². The van der Waals surface area contributed by atoms with Gasteiger partial charge in [-0.1, -0.05) is 34.6 Å². The normalized spacial score (nSPS) is 9.77. The van der Waals surface area contributed by atoms with E-state index in [2.05, 4.69) is 61.6 Å². The minimum atomic E-state index is 0.125. The number of rotatable bonds is 0. The molecule has 0 amide bonds. The van der Waals surface area contributed by atoms with Crippen molar-refractivity contribution in [2.45, 2.75) is 34.6 Å². The predicted molar refractivity (Wildman–Crippen MR) is 63.6 cm³/mol. The number of hydrogen-bond donors (Lipinski definition) is 0. The average molecular weight is 487 g/mol. The van der Waals surface area contributed by atoms with Gasteiger partial charge in [-0.15, -0.1) is 0 Å². The topological polar surface area (TPSA) is 0 Å². The Morgan fingerprint density at radius 3 is 1.23 bits per heavy atom. The maximum atomic E-state index is 3.19. The van der Waals surface area contributed by atoms with Crippen molar-refractivity contribution in [2.24, 2.45) is 0 Å². The molecule has 0 aliphatic carbocycles. The summed E-state index contributed by atoms with van der Waals surface area (Å²) in [5.74, 6) is 0. The zero-order valence-electron chi connectivity index (χ0n) is 8.59. The molecule has 0 spiro atoms. The third-order valence-electron chi connectivity index (χ3n) is 2.81. The van der Waals surface area contributed by atoms with Gasteiger partial charge < -0.3 is 0 Å². The van der Waals surface area contributed by atoms with E-state index in [0.717, 1.165) is 0 Å². The van der Waals surface area contributed by atoms with Gasteiger partial charge in [-0.25, -0.2) is 0 Å². The van der Waals surface area contributed by atoms with Crippen molar-refractivity contribution in [2.75, 3.05) is 0 Å². The van der Waals surface area contributed by atoms with Crippen molar-refractivity contribution < 1.29 is 13.7 Å². The second-order valence-electron chi connectivity index (χ2n) is 3.17. The average Bonchev–Trinajstić information content (AvgIpc) is 2.25. The third kappa shape index (κ3) is 3.54. The molecule has 0 bridgehead atoms. The summed E-state index contributed by atoms with van der Waals surface area (Å²) in [7, 11) is 0. The number of halogens is 2. The van der Waals surface area contributed by atoms with Crippen molar-refractivity contribution in [3.05, 3.63) is 27.8 Å². The first-order chi connectivity index (χ1) is 5.97. The Balaban J connectivity index is 0.000000424. The van der Waals surface area contributed by atoms with Gasteiger partial charge in [-0.2, -0.15) is 27.8 Å². The van der Waals surface area contributed by atoms with Gasteiger partial charge in [0.2, 0.25) is 0 Å². The van der Waals surface area contributed by atoms with Crippen LogP contribution in [0.25, 0.3) is 0 Å². The Morgan fingerprint density at radius 1 is 0.923 bits per heavy atom. The monoisotopic (exact) mass is 486 g/mol. The van der Waals surface area contributed by atoms with E-state index in [9.17, 15) is 0 Å². The van der Waals surface area contributed by atoms with E-state index in [4.69, 9.17) is 0 Å². The molecule has 1 rings (SSSR count). The van der Waals surface area contributed by atoms with Gasteiger partial charge in [0.1, 0.15) is 0 Å². The first-order valence-corrected chi connectivity index (χ1v) is 14.5. The van der Waals surface area contributed by atoms with Crippen molar-refractivity contribution in [1.82, 2.24) is 0 Å². The molecule has 0 fully saturated rings. The van der Waals surface area contributed by atoms with E-state index in [-0.39, 0.29) is 13.7 Å². The summed E-state index contributed by atoms with van der Waals surface area (Å²) in [6.45, 7) is 11.0. The first kappa shape index (κ1) is 14.0. The van der Waals surface area contributed by atoms with Gasteiger partial charge in [0.05, 0.1) is 0 Å². The fourth-order valence-electron chi connectivity index (χ4n) is 1.41.